The summed E-state index contributed by atoms with van der Waals surface area (Å²) in [6.45, 7) is 0.994. The van der Waals surface area contributed by atoms with Crippen molar-refractivity contribution in [3.05, 3.63) is 94.6 Å². The van der Waals surface area contributed by atoms with Crippen molar-refractivity contribution in [2.75, 3.05) is 10.6 Å². The molecule has 0 bridgehead atoms. The molecule has 2 heterocycles. The van der Waals surface area contributed by atoms with Gasteiger partial charge in [-0.25, -0.2) is 4.39 Å². The lowest BCUT2D eigenvalue weighted by molar-refractivity contribution is 0.586. The van der Waals surface area contributed by atoms with Crippen molar-refractivity contribution in [2.24, 2.45) is 0 Å². The molecule has 0 aliphatic carbocycles. The van der Waals surface area contributed by atoms with Crippen LogP contribution in [0.5, 0.6) is 0 Å². The second kappa shape index (κ2) is 9.19. The molecule has 6 nitrogen and oxygen atoms in total. The molecular weight excluding hydrogens is 467 g/mol. The first kappa shape index (κ1) is 20.2. The fraction of sp³-hybridized carbons (Fsp3) is 0.0952. The van der Waals surface area contributed by atoms with Gasteiger partial charge in [0, 0.05) is 18.0 Å². The highest BCUT2D eigenvalue weighted by molar-refractivity contribution is 9.10. The molecular formula is C21H18BrFN6S. The van der Waals surface area contributed by atoms with Crippen LogP contribution in [0.15, 0.2) is 77.7 Å². The van der Waals surface area contributed by atoms with Crippen molar-refractivity contribution in [3.8, 4) is 0 Å². The van der Waals surface area contributed by atoms with Crippen LogP contribution in [-0.4, -0.2) is 24.7 Å². The topological polar surface area (TPSA) is 59.7 Å². The molecule has 0 aliphatic rings. The van der Waals surface area contributed by atoms with Gasteiger partial charge in [0.25, 0.3) is 0 Å². The maximum Gasteiger partial charge on any atom is 0.176 e. The van der Waals surface area contributed by atoms with Gasteiger partial charge in [0.15, 0.2) is 10.9 Å². The summed E-state index contributed by atoms with van der Waals surface area (Å²) in [5, 5.41) is 15.3. The van der Waals surface area contributed by atoms with Crippen LogP contribution in [0.4, 0.5) is 15.9 Å². The van der Waals surface area contributed by atoms with E-state index in [-0.39, 0.29) is 5.82 Å². The zero-order chi connectivity index (χ0) is 20.9. The minimum absolute atomic E-state index is 0.261. The van der Waals surface area contributed by atoms with Gasteiger partial charge in [0.05, 0.1) is 29.4 Å². The zero-order valence-corrected chi connectivity index (χ0v) is 18.2. The summed E-state index contributed by atoms with van der Waals surface area (Å²) in [6, 6.07) is 16.7. The highest BCUT2D eigenvalue weighted by Crippen LogP contribution is 2.21. The Labute approximate surface area is 186 Å². The average molecular weight is 485 g/mol. The second-order valence-corrected chi connectivity index (χ2v) is 7.87. The molecule has 2 aromatic carbocycles. The third-order valence-electron chi connectivity index (χ3n) is 4.32. The van der Waals surface area contributed by atoms with Gasteiger partial charge in [0.2, 0.25) is 0 Å². The number of nitrogens with zero attached hydrogens (tertiary/aromatic N) is 4. The molecule has 0 fully saturated rings. The van der Waals surface area contributed by atoms with Gasteiger partial charge in [-0.3, -0.25) is 9.36 Å². The second-order valence-electron chi connectivity index (χ2n) is 6.61. The number of hydrogen-bond donors (Lipinski definition) is 2. The van der Waals surface area contributed by atoms with Crippen LogP contribution in [0.25, 0.3) is 0 Å². The van der Waals surface area contributed by atoms with E-state index in [9.17, 15) is 4.39 Å². The number of hydrogen-bond acceptors (Lipinski definition) is 3. The number of halogens is 2. The van der Waals surface area contributed by atoms with E-state index in [0.717, 1.165) is 15.7 Å². The van der Waals surface area contributed by atoms with Gasteiger partial charge in [-0.2, -0.15) is 10.2 Å². The number of thiocarbonyl (C=S) groups is 1. The van der Waals surface area contributed by atoms with Crippen LogP contribution in [0, 0.1) is 5.82 Å². The first-order chi connectivity index (χ1) is 14.6. The third-order valence-corrected chi connectivity index (χ3v) is 5.10. The Hall–Kier alpha value is -3.04. The number of benzene rings is 2. The van der Waals surface area contributed by atoms with E-state index in [0.29, 0.717) is 29.6 Å². The molecule has 0 saturated heterocycles. The summed E-state index contributed by atoms with van der Waals surface area (Å²) in [4.78, 5) is 0. The molecule has 0 amide bonds. The van der Waals surface area contributed by atoms with Crippen molar-refractivity contribution in [3.63, 3.8) is 0 Å². The normalized spacial score (nSPS) is 10.7. The van der Waals surface area contributed by atoms with Crippen LogP contribution >= 0.6 is 28.1 Å². The van der Waals surface area contributed by atoms with Crippen LogP contribution in [-0.2, 0) is 13.1 Å². The van der Waals surface area contributed by atoms with E-state index in [1.807, 2.05) is 29.1 Å². The molecule has 2 aromatic heterocycles. The molecule has 30 heavy (non-hydrogen) atoms. The molecule has 0 aliphatic heterocycles. The Morgan fingerprint density at radius 1 is 0.967 bits per heavy atom. The third kappa shape index (κ3) is 5.11. The van der Waals surface area contributed by atoms with E-state index in [1.165, 1.54) is 6.07 Å². The summed E-state index contributed by atoms with van der Waals surface area (Å²) in [6.07, 6.45) is 5.37. The van der Waals surface area contributed by atoms with Crippen LogP contribution in [0.2, 0.25) is 0 Å². The highest BCUT2D eigenvalue weighted by atomic mass is 79.9. The Kier molecular flexibility index (Phi) is 6.20. The van der Waals surface area contributed by atoms with E-state index in [4.69, 9.17) is 12.2 Å². The smallest absolute Gasteiger partial charge is 0.176 e. The molecule has 0 unspecified atom stereocenters. The summed E-state index contributed by atoms with van der Waals surface area (Å²) in [5.41, 5.74) is 2.49. The largest absolute Gasteiger partial charge is 0.330 e. The molecule has 0 spiro atoms. The van der Waals surface area contributed by atoms with Crippen molar-refractivity contribution in [2.45, 2.75) is 13.1 Å². The van der Waals surface area contributed by atoms with Crippen molar-refractivity contribution < 1.29 is 4.39 Å². The minimum atomic E-state index is -0.261. The molecule has 9 heteroatoms. The predicted octanol–water partition coefficient (Wildman–Crippen LogP) is 4.89. The highest BCUT2D eigenvalue weighted by Gasteiger charge is 2.11. The predicted molar refractivity (Wildman–Crippen MR) is 123 cm³/mol. The minimum Gasteiger partial charge on any atom is -0.330 e. The van der Waals surface area contributed by atoms with Gasteiger partial charge in [0.1, 0.15) is 5.82 Å². The molecule has 152 valence electrons. The summed E-state index contributed by atoms with van der Waals surface area (Å²) < 4.78 is 18.1. The molecule has 0 radical (unpaired) electrons. The maximum absolute atomic E-state index is 13.9. The number of rotatable bonds is 6. The lowest BCUT2D eigenvalue weighted by Crippen LogP contribution is -2.19. The molecule has 4 aromatic rings. The maximum atomic E-state index is 13.9. The van der Waals surface area contributed by atoms with Crippen molar-refractivity contribution in [1.29, 1.82) is 0 Å². The van der Waals surface area contributed by atoms with Gasteiger partial charge < -0.3 is 10.6 Å². The Morgan fingerprint density at radius 2 is 1.73 bits per heavy atom. The fourth-order valence-electron chi connectivity index (χ4n) is 2.92. The van der Waals surface area contributed by atoms with Crippen LogP contribution in [0.3, 0.4) is 0 Å². The Morgan fingerprint density at radius 3 is 2.53 bits per heavy atom. The van der Waals surface area contributed by atoms with Crippen LogP contribution in [0.1, 0.15) is 11.1 Å². The zero-order valence-electron chi connectivity index (χ0n) is 15.8. The number of aromatic nitrogens is 4. The Balaban J connectivity index is 1.36. The Bertz CT molecular complexity index is 1160. The van der Waals surface area contributed by atoms with E-state index >= 15 is 0 Å². The van der Waals surface area contributed by atoms with Crippen LogP contribution < -0.4 is 10.6 Å². The van der Waals surface area contributed by atoms with E-state index < -0.39 is 0 Å². The fourth-order valence-corrected chi connectivity index (χ4v) is 3.55. The molecule has 4 rings (SSSR count). The summed E-state index contributed by atoms with van der Waals surface area (Å²) in [7, 11) is 0. The lowest BCUT2D eigenvalue weighted by Gasteiger charge is -2.07. The SMILES string of the molecule is Fc1ccccc1Cn1cc(Br)c(NC(=S)Nc2cnn(Cc3ccccc3)c2)n1. The first-order valence-corrected chi connectivity index (χ1v) is 10.4. The average Bonchev–Trinajstić information content (AvgIpc) is 3.30. The van der Waals surface area contributed by atoms with Crippen molar-refractivity contribution in [1.82, 2.24) is 19.6 Å². The summed E-state index contributed by atoms with van der Waals surface area (Å²) >= 11 is 8.85. The lowest BCUT2D eigenvalue weighted by atomic mass is 10.2. The standard InChI is InChI=1S/C21H18BrFN6S/c22-18-14-29(12-16-8-4-5-9-19(16)23)27-20(18)26-21(30)25-17-10-24-28(13-17)11-15-6-2-1-3-7-15/h1-10,13-14H,11-12H2,(H2,25,26,27,30). The van der Waals surface area contributed by atoms with Crippen molar-refractivity contribution >= 4 is 44.8 Å². The van der Waals surface area contributed by atoms with Gasteiger partial charge >= 0.3 is 0 Å². The van der Waals surface area contributed by atoms with Gasteiger partial charge in [-0.05, 0) is 39.8 Å². The van der Waals surface area contributed by atoms with Gasteiger partial charge in [-0.15, -0.1) is 0 Å². The number of nitrogens with one attached hydrogen (secondary N) is 2. The van der Waals surface area contributed by atoms with E-state index in [1.54, 1.807) is 35.3 Å². The number of anilines is 2. The molecule has 2 N–H and O–H groups in total. The monoisotopic (exact) mass is 484 g/mol. The molecule has 0 atom stereocenters. The molecule has 0 saturated carbocycles. The van der Waals surface area contributed by atoms with E-state index in [2.05, 4.69) is 48.9 Å². The quantitative estimate of drug-likeness (QED) is 0.381. The summed E-state index contributed by atoms with van der Waals surface area (Å²) in [5.74, 6) is 0.281. The van der Waals surface area contributed by atoms with Gasteiger partial charge in [-0.1, -0.05) is 48.5 Å². The first-order valence-electron chi connectivity index (χ1n) is 9.17.